The van der Waals surface area contributed by atoms with E-state index in [1.807, 2.05) is 0 Å². The first-order valence-electron chi connectivity index (χ1n) is 9.84. The maximum atomic E-state index is 13.0. The van der Waals surface area contributed by atoms with Gasteiger partial charge in [0.25, 0.3) is 11.8 Å². The number of carbonyl (C=O) groups excluding carboxylic acids is 2. The lowest BCUT2D eigenvalue weighted by atomic mass is 10.1. The number of nitrogens with zero attached hydrogens (tertiary/aromatic N) is 1. The number of hydrogen-bond donors (Lipinski definition) is 2. The Labute approximate surface area is 183 Å². The Morgan fingerprint density at radius 1 is 1.28 bits per heavy atom. The lowest BCUT2D eigenvalue weighted by molar-refractivity contribution is -0.127. The van der Waals surface area contributed by atoms with Gasteiger partial charge < -0.3 is 20.1 Å². The van der Waals surface area contributed by atoms with Gasteiger partial charge in [-0.3, -0.25) is 13.6 Å². The van der Waals surface area contributed by atoms with Crippen molar-refractivity contribution in [2.45, 2.75) is 30.0 Å². The number of anilines is 1. The summed E-state index contributed by atoms with van der Waals surface area (Å²) in [6, 6.07) is 5.32. The van der Waals surface area contributed by atoms with Crippen molar-refractivity contribution < 1.29 is 36.4 Å². The van der Waals surface area contributed by atoms with Gasteiger partial charge in [-0.1, -0.05) is 0 Å². The van der Waals surface area contributed by atoms with Gasteiger partial charge in [0.15, 0.2) is 11.0 Å². The molecule has 1 aromatic carbocycles. The second-order valence-electron chi connectivity index (χ2n) is 7.38. The normalized spacial score (nSPS) is 20.7. The first kappa shape index (κ1) is 22.5. The molecule has 0 bridgehead atoms. The topological polar surface area (TPSA) is 98.7 Å². The zero-order chi connectivity index (χ0) is 22.9. The van der Waals surface area contributed by atoms with Crippen molar-refractivity contribution in [3.8, 4) is 0 Å². The van der Waals surface area contributed by atoms with Crippen LogP contribution < -0.4 is 10.6 Å². The van der Waals surface area contributed by atoms with Gasteiger partial charge in [0.2, 0.25) is 0 Å². The molecule has 172 valence electrons. The molecule has 8 nitrogen and oxygen atoms in total. The van der Waals surface area contributed by atoms with E-state index in [0.29, 0.717) is 32.8 Å². The van der Waals surface area contributed by atoms with Crippen LogP contribution in [0.3, 0.4) is 0 Å². The molecule has 2 aliphatic rings. The third kappa shape index (κ3) is 5.03. The van der Waals surface area contributed by atoms with E-state index in [0.717, 1.165) is 16.2 Å². The van der Waals surface area contributed by atoms with Crippen LogP contribution in [-0.2, 0) is 26.9 Å². The largest absolute Gasteiger partial charge is 0.393 e. The molecular formula is C20H20F3N3O5S. The minimum atomic E-state index is -4.46. The molecule has 0 spiro atoms. The number of carbonyl (C=O) groups is 2. The minimum Gasteiger partial charge on any atom is -0.376 e. The average Bonchev–Trinajstić information content (AvgIpc) is 3.12. The van der Waals surface area contributed by atoms with Crippen LogP contribution in [0.25, 0.3) is 0 Å². The highest BCUT2D eigenvalue weighted by Gasteiger charge is 2.32. The number of aromatic nitrogens is 1. The third-order valence-corrected chi connectivity index (χ3v) is 6.37. The Bertz CT molecular complexity index is 1060. The summed E-state index contributed by atoms with van der Waals surface area (Å²) >= 11 is 0. The predicted molar refractivity (Wildman–Crippen MR) is 108 cm³/mol. The average molecular weight is 471 g/mol. The van der Waals surface area contributed by atoms with Crippen LogP contribution >= 0.6 is 0 Å². The molecule has 0 radical (unpaired) electrons. The fourth-order valence-electron chi connectivity index (χ4n) is 3.49. The van der Waals surface area contributed by atoms with Gasteiger partial charge in [0, 0.05) is 18.3 Å². The first-order chi connectivity index (χ1) is 15.2. The quantitative estimate of drug-likeness (QED) is 0.697. The van der Waals surface area contributed by atoms with Crippen molar-refractivity contribution in [1.82, 2.24) is 9.29 Å². The van der Waals surface area contributed by atoms with Crippen molar-refractivity contribution in [2.75, 3.05) is 31.7 Å². The zero-order valence-electron chi connectivity index (χ0n) is 16.7. The highest BCUT2D eigenvalue weighted by Crippen LogP contribution is 2.30. The Balaban J connectivity index is 1.48. The Morgan fingerprint density at radius 3 is 2.81 bits per heavy atom. The molecule has 2 atom stereocenters. The molecule has 2 unspecified atom stereocenters. The standard InChI is InChI=1S/C20H20F3N3O5S/c21-20(22,23)9-12-7-16-19(28)25-15-8-13(1-2-17(15)32(29)26(16)10-12)18(27)24-4-3-14-11-30-5-6-31-14/h1-2,7-8,10,14H,3-6,9,11H2,(H,24,27)(H,25,28). The number of benzene rings is 1. The molecule has 2 N–H and O–H groups in total. The monoisotopic (exact) mass is 471 g/mol. The molecule has 3 heterocycles. The van der Waals surface area contributed by atoms with Crippen LogP contribution in [0.1, 0.15) is 32.8 Å². The van der Waals surface area contributed by atoms with Crippen molar-refractivity contribution in [2.24, 2.45) is 0 Å². The lowest BCUT2D eigenvalue weighted by Crippen LogP contribution is -2.33. The molecule has 1 fully saturated rings. The summed E-state index contributed by atoms with van der Waals surface area (Å²) in [5.41, 5.74) is 0.0829. The van der Waals surface area contributed by atoms with E-state index >= 15 is 0 Å². The number of fused-ring (bicyclic) bond motifs is 2. The fraction of sp³-hybridized carbons (Fsp3) is 0.400. The summed E-state index contributed by atoms with van der Waals surface area (Å²) in [4.78, 5) is 25.2. The highest BCUT2D eigenvalue weighted by molar-refractivity contribution is 7.83. The van der Waals surface area contributed by atoms with Gasteiger partial charge >= 0.3 is 6.18 Å². The van der Waals surface area contributed by atoms with Gasteiger partial charge in [-0.05, 0) is 36.2 Å². The van der Waals surface area contributed by atoms with Crippen molar-refractivity contribution >= 4 is 28.5 Å². The SMILES string of the molecule is O=C(NCCC1COCCO1)c1ccc2c(c1)NC(=O)c1cc(CC(F)(F)F)cn1S2=O. The second kappa shape index (κ2) is 9.04. The van der Waals surface area contributed by atoms with E-state index in [2.05, 4.69) is 10.6 Å². The summed E-state index contributed by atoms with van der Waals surface area (Å²) in [7, 11) is -1.96. The van der Waals surface area contributed by atoms with Crippen LogP contribution in [0.15, 0.2) is 35.4 Å². The Morgan fingerprint density at radius 2 is 2.09 bits per heavy atom. The smallest absolute Gasteiger partial charge is 0.376 e. The van der Waals surface area contributed by atoms with Crippen LogP contribution in [-0.4, -0.2) is 58.6 Å². The van der Waals surface area contributed by atoms with Gasteiger partial charge in [0.05, 0.1) is 42.9 Å². The number of nitrogens with one attached hydrogen (secondary N) is 2. The molecule has 1 aromatic heterocycles. The van der Waals surface area contributed by atoms with Crippen molar-refractivity contribution in [3.05, 3.63) is 47.3 Å². The summed E-state index contributed by atoms with van der Waals surface area (Å²) in [6.45, 7) is 1.90. The third-order valence-electron chi connectivity index (χ3n) is 4.97. The molecule has 0 aliphatic carbocycles. The van der Waals surface area contributed by atoms with Crippen LogP contribution in [0, 0.1) is 0 Å². The molecule has 2 amide bonds. The van der Waals surface area contributed by atoms with E-state index in [-0.39, 0.29) is 39.4 Å². The summed E-state index contributed by atoms with van der Waals surface area (Å²) in [6.07, 6.45) is -4.14. The molecule has 2 aromatic rings. The summed E-state index contributed by atoms with van der Waals surface area (Å²) < 4.78 is 62.9. The van der Waals surface area contributed by atoms with Gasteiger partial charge in [-0.2, -0.15) is 13.2 Å². The maximum Gasteiger partial charge on any atom is 0.393 e. The number of rotatable bonds is 5. The number of halogens is 3. The van der Waals surface area contributed by atoms with E-state index in [9.17, 15) is 27.0 Å². The van der Waals surface area contributed by atoms with E-state index < -0.39 is 29.5 Å². The molecule has 1 saturated heterocycles. The maximum absolute atomic E-state index is 13.0. The van der Waals surface area contributed by atoms with Crippen LogP contribution in [0.2, 0.25) is 0 Å². The molecule has 0 saturated carbocycles. The van der Waals surface area contributed by atoms with E-state index in [4.69, 9.17) is 9.47 Å². The predicted octanol–water partition coefficient (Wildman–Crippen LogP) is 2.26. The summed E-state index contributed by atoms with van der Waals surface area (Å²) in [5, 5.41) is 5.30. The number of hydrogen-bond acceptors (Lipinski definition) is 5. The lowest BCUT2D eigenvalue weighted by Gasteiger charge is -2.22. The van der Waals surface area contributed by atoms with Crippen molar-refractivity contribution in [3.63, 3.8) is 0 Å². The first-order valence-corrected chi connectivity index (χ1v) is 11.0. The van der Waals surface area contributed by atoms with E-state index in [1.54, 1.807) is 0 Å². The van der Waals surface area contributed by atoms with Gasteiger partial charge in [-0.25, -0.2) is 4.21 Å². The Kier molecular flexibility index (Phi) is 6.35. The molecule has 4 rings (SSSR count). The molecule has 2 aliphatic heterocycles. The number of amides is 2. The van der Waals surface area contributed by atoms with Crippen molar-refractivity contribution in [1.29, 1.82) is 0 Å². The van der Waals surface area contributed by atoms with Crippen LogP contribution in [0.4, 0.5) is 18.9 Å². The molecular weight excluding hydrogens is 451 g/mol. The highest BCUT2D eigenvalue weighted by atomic mass is 32.2. The second-order valence-corrected chi connectivity index (χ2v) is 8.71. The summed E-state index contributed by atoms with van der Waals surface area (Å²) in [5.74, 6) is -1.10. The minimum absolute atomic E-state index is 0.0881. The molecule has 12 heteroatoms. The van der Waals surface area contributed by atoms with Crippen LogP contribution in [0.5, 0.6) is 0 Å². The Hall–Kier alpha value is -2.70. The number of ether oxygens (including phenoxy) is 2. The van der Waals surface area contributed by atoms with Gasteiger partial charge in [0.1, 0.15) is 5.69 Å². The number of alkyl halides is 3. The zero-order valence-corrected chi connectivity index (χ0v) is 17.6. The van der Waals surface area contributed by atoms with Gasteiger partial charge in [-0.15, -0.1) is 0 Å². The fourth-order valence-corrected chi connectivity index (χ4v) is 4.73. The van der Waals surface area contributed by atoms with E-state index in [1.165, 1.54) is 18.2 Å². The molecule has 32 heavy (non-hydrogen) atoms.